The Balaban J connectivity index is 0.000000443. The Kier molecular flexibility index (Phi) is 11.2. The van der Waals surface area contributed by atoms with Gasteiger partial charge in [-0.25, -0.2) is 0 Å². The minimum absolute atomic E-state index is 0. The summed E-state index contributed by atoms with van der Waals surface area (Å²) in [4.78, 5) is 20.8. The summed E-state index contributed by atoms with van der Waals surface area (Å²) in [6.45, 7) is 0. The number of nitrogens with two attached hydrogens (primary N) is 2. The van der Waals surface area contributed by atoms with Crippen LogP contribution in [0.25, 0.3) is 0 Å². The molecule has 0 aromatic heterocycles. The van der Waals surface area contributed by atoms with Gasteiger partial charge in [-0.1, -0.05) is 60.7 Å². The van der Waals surface area contributed by atoms with Crippen LogP contribution in [-0.4, -0.2) is 34.2 Å². The Hall–Kier alpha value is -2.18. The monoisotopic (exact) mass is 385 g/mol. The van der Waals surface area contributed by atoms with E-state index in [2.05, 4.69) is 0 Å². The molecule has 0 aliphatic rings. The Morgan fingerprint density at radius 1 is 0.720 bits per heavy atom. The average Bonchev–Trinajstić information content (AvgIpc) is 2.57. The predicted octanol–water partition coefficient (Wildman–Crippen LogP) is 1.28. The SMILES string of the molecule is N[C@@H](Cc1ccccc1)C(=O)O.N[C@@H](Cc1ccccc1)C(=O)O.[Mn]. The second kappa shape index (κ2) is 12.2. The molecule has 2 aromatic carbocycles. The molecule has 0 unspecified atom stereocenters. The fourth-order valence-corrected chi connectivity index (χ4v) is 1.91. The summed E-state index contributed by atoms with van der Waals surface area (Å²) < 4.78 is 0. The first kappa shape index (κ1) is 22.8. The molecule has 1 radical (unpaired) electrons. The zero-order chi connectivity index (χ0) is 17.9. The number of hydrogen-bond acceptors (Lipinski definition) is 4. The van der Waals surface area contributed by atoms with Crippen LogP contribution < -0.4 is 11.5 Å². The maximum absolute atomic E-state index is 10.4. The zero-order valence-electron chi connectivity index (χ0n) is 13.6. The van der Waals surface area contributed by atoms with Gasteiger partial charge in [-0.2, -0.15) is 0 Å². The number of rotatable bonds is 6. The number of carbonyl (C=O) groups is 2. The molecular weight excluding hydrogens is 363 g/mol. The van der Waals surface area contributed by atoms with Crippen molar-refractivity contribution in [3.63, 3.8) is 0 Å². The maximum atomic E-state index is 10.4. The summed E-state index contributed by atoms with van der Waals surface area (Å²) >= 11 is 0. The first-order valence-corrected chi connectivity index (χ1v) is 7.44. The standard InChI is InChI=1S/2C9H11NO2.Mn/c2*10-8(9(11)12)6-7-4-2-1-3-5-7;/h2*1-5,8H,6,10H2,(H,11,12);/t2*8-;/m00./s1. The van der Waals surface area contributed by atoms with Crippen LogP contribution in [-0.2, 0) is 39.5 Å². The molecule has 25 heavy (non-hydrogen) atoms. The molecule has 0 bridgehead atoms. The summed E-state index contributed by atoms with van der Waals surface area (Å²) in [7, 11) is 0. The van der Waals surface area contributed by atoms with Gasteiger partial charge in [-0.05, 0) is 24.0 Å². The molecule has 0 aliphatic heterocycles. The normalized spacial score (nSPS) is 11.9. The molecule has 0 spiro atoms. The van der Waals surface area contributed by atoms with Crippen molar-refractivity contribution in [2.45, 2.75) is 24.9 Å². The molecule has 0 fully saturated rings. The van der Waals surface area contributed by atoms with Gasteiger partial charge in [-0.15, -0.1) is 0 Å². The Morgan fingerprint density at radius 3 is 1.24 bits per heavy atom. The van der Waals surface area contributed by atoms with Crippen LogP contribution in [0.2, 0.25) is 0 Å². The van der Waals surface area contributed by atoms with E-state index < -0.39 is 24.0 Å². The third-order valence-electron chi connectivity index (χ3n) is 3.23. The predicted molar refractivity (Wildman–Crippen MR) is 91.5 cm³/mol. The van der Waals surface area contributed by atoms with Gasteiger partial charge in [0.2, 0.25) is 0 Å². The van der Waals surface area contributed by atoms with Gasteiger partial charge in [0.25, 0.3) is 0 Å². The first-order valence-electron chi connectivity index (χ1n) is 7.44. The Labute approximate surface area is 157 Å². The molecule has 2 rings (SSSR count). The van der Waals surface area contributed by atoms with Gasteiger partial charge in [0.05, 0.1) is 0 Å². The van der Waals surface area contributed by atoms with Gasteiger partial charge < -0.3 is 21.7 Å². The Morgan fingerprint density at radius 2 is 1.00 bits per heavy atom. The molecule has 0 saturated heterocycles. The van der Waals surface area contributed by atoms with E-state index in [1.54, 1.807) is 0 Å². The summed E-state index contributed by atoms with van der Waals surface area (Å²) in [5, 5.41) is 17.0. The van der Waals surface area contributed by atoms with Gasteiger partial charge >= 0.3 is 11.9 Å². The van der Waals surface area contributed by atoms with Crippen LogP contribution in [0.15, 0.2) is 60.7 Å². The van der Waals surface area contributed by atoms with Crippen molar-refractivity contribution >= 4 is 11.9 Å². The van der Waals surface area contributed by atoms with Crippen LogP contribution >= 0.6 is 0 Å². The smallest absolute Gasteiger partial charge is 0.320 e. The van der Waals surface area contributed by atoms with E-state index in [1.165, 1.54) is 0 Å². The molecule has 2 aromatic rings. The molecule has 0 aliphatic carbocycles. The molecule has 6 N–H and O–H groups in total. The van der Waals surface area contributed by atoms with Crippen molar-refractivity contribution in [2.24, 2.45) is 11.5 Å². The largest absolute Gasteiger partial charge is 0.480 e. The number of benzene rings is 2. The molecule has 7 heteroatoms. The van der Waals surface area contributed by atoms with E-state index in [0.717, 1.165) is 11.1 Å². The van der Waals surface area contributed by atoms with Crippen LogP contribution in [0.4, 0.5) is 0 Å². The fourth-order valence-electron chi connectivity index (χ4n) is 1.91. The minimum Gasteiger partial charge on any atom is -0.480 e. The second-order valence-electron chi connectivity index (χ2n) is 5.27. The van der Waals surface area contributed by atoms with Crippen molar-refractivity contribution in [1.29, 1.82) is 0 Å². The van der Waals surface area contributed by atoms with Crippen molar-refractivity contribution in [3.05, 3.63) is 71.8 Å². The molecule has 0 amide bonds. The Bertz CT molecular complexity index is 581. The van der Waals surface area contributed by atoms with Gasteiger partial charge in [0, 0.05) is 17.1 Å². The van der Waals surface area contributed by atoms with Crippen molar-refractivity contribution in [1.82, 2.24) is 0 Å². The van der Waals surface area contributed by atoms with E-state index in [0.29, 0.717) is 12.8 Å². The van der Waals surface area contributed by atoms with E-state index in [4.69, 9.17) is 21.7 Å². The molecule has 2 atom stereocenters. The molecule has 6 nitrogen and oxygen atoms in total. The van der Waals surface area contributed by atoms with E-state index >= 15 is 0 Å². The topological polar surface area (TPSA) is 127 Å². The number of carboxylic acids is 2. The zero-order valence-corrected chi connectivity index (χ0v) is 14.8. The third kappa shape index (κ3) is 9.64. The second-order valence-corrected chi connectivity index (χ2v) is 5.27. The van der Waals surface area contributed by atoms with Crippen molar-refractivity contribution < 1.29 is 36.9 Å². The summed E-state index contributed by atoms with van der Waals surface area (Å²) in [6, 6.07) is 17.1. The van der Waals surface area contributed by atoms with E-state index in [-0.39, 0.29) is 17.1 Å². The van der Waals surface area contributed by atoms with E-state index in [9.17, 15) is 9.59 Å². The van der Waals surface area contributed by atoms with Crippen LogP contribution in [0.1, 0.15) is 11.1 Å². The van der Waals surface area contributed by atoms with Crippen LogP contribution in [0.3, 0.4) is 0 Å². The van der Waals surface area contributed by atoms with Gasteiger partial charge in [0.1, 0.15) is 12.1 Å². The van der Waals surface area contributed by atoms with E-state index in [1.807, 2.05) is 60.7 Å². The fraction of sp³-hybridized carbons (Fsp3) is 0.222. The molecule has 135 valence electrons. The van der Waals surface area contributed by atoms with Crippen molar-refractivity contribution in [2.75, 3.05) is 0 Å². The summed E-state index contributed by atoms with van der Waals surface area (Å²) in [6.07, 6.45) is 0.770. The number of aliphatic carboxylic acids is 2. The molecule has 0 heterocycles. The minimum atomic E-state index is -0.959. The van der Waals surface area contributed by atoms with Gasteiger partial charge in [-0.3, -0.25) is 9.59 Å². The molecule has 0 saturated carbocycles. The third-order valence-corrected chi connectivity index (χ3v) is 3.23. The summed E-state index contributed by atoms with van der Waals surface area (Å²) in [5.41, 5.74) is 12.6. The summed E-state index contributed by atoms with van der Waals surface area (Å²) in [5.74, 6) is -1.92. The average molecular weight is 385 g/mol. The maximum Gasteiger partial charge on any atom is 0.320 e. The van der Waals surface area contributed by atoms with Crippen LogP contribution in [0, 0.1) is 0 Å². The quantitative estimate of drug-likeness (QED) is 0.555. The van der Waals surface area contributed by atoms with Crippen LogP contribution in [0.5, 0.6) is 0 Å². The van der Waals surface area contributed by atoms with Crippen molar-refractivity contribution in [3.8, 4) is 0 Å². The van der Waals surface area contributed by atoms with Gasteiger partial charge in [0.15, 0.2) is 0 Å². The first-order chi connectivity index (χ1) is 11.4. The number of carboxylic acid groups (broad SMARTS) is 2. The molecular formula is C18H22MnN2O4. The number of hydrogen-bond donors (Lipinski definition) is 4.